The lowest BCUT2D eigenvalue weighted by atomic mass is 10.1. The minimum absolute atomic E-state index is 0.0845. The molecule has 1 aliphatic rings. The van der Waals surface area contributed by atoms with Crippen LogP contribution in [0.25, 0.3) is 11.0 Å². The first kappa shape index (κ1) is 19.2. The summed E-state index contributed by atoms with van der Waals surface area (Å²) in [5.41, 5.74) is 1.35. The molecule has 3 aromatic rings. The highest BCUT2D eigenvalue weighted by Crippen LogP contribution is 2.20. The quantitative estimate of drug-likeness (QED) is 0.595. The molecule has 2 aromatic heterocycles. The number of piperidine rings is 1. The third-order valence-electron chi connectivity index (χ3n) is 5.04. The van der Waals surface area contributed by atoms with Crippen molar-refractivity contribution >= 4 is 28.5 Å². The Balaban J connectivity index is 1.27. The number of aromatic nitrogens is 3. The van der Waals surface area contributed by atoms with Crippen molar-refractivity contribution in [2.24, 2.45) is 0 Å². The minimum atomic E-state index is -0.0845. The first-order valence-corrected chi connectivity index (χ1v) is 10.1. The Hall–Kier alpha value is -3.16. The number of nitrogens with one attached hydrogen (secondary N) is 2. The lowest BCUT2D eigenvalue weighted by Gasteiger charge is -2.28. The van der Waals surface area contributed by atoms with E-state index in [1.807, 2.05) is 37.3 Å². The highest BCUT2D eigenvalue weighted by atomic mass is 16.5. The summed E-state index contributed by atoms with van der Waals surface area (Å²) in [6.07, 6.45) is 3.90. The number of hydrogen-bond donors (Lipinski definition) is 2. The van der Waals surface area contributed by atoms with Crippen LogP contribution in [0.3, 0.4) is 0 Å². The zero-order chi connectivity index (χ0) is 20.1. The number of nitrogens with zero attached hydrogens (tertiary/aromatic N) is 4. The van der Waals surface area contributed by atoms with Crippen LogP contribution in [0.1, 0.15) is 30.8 Å². The molecule has 8 heteroatoms. The Labute approximate surface area is 169 Å². The van der Waals surface area contributed by atoms with Crippen molar-refractivity contribution in [1.82, 2.24) is 20.4 Å². The number of para-hydroxylation sites is 1. The number of amides is 1. The molecule has 2 N–H and O–H groups in total. The van der Waals surface area contributed by atoms with E-state index in [4.69, 9.17) is 4.52 Å². The molecule has 0 radical (unpaired) electrons. The van der Waals surface area contributed by atoms with Gasteiger partial charge in [0, 0.05) is 37.6 Å². The van der Waals surface area contributed by atoms with Crippen LogP contribution in [0, 0.1) is 6.92 Å². The summed E-state index contributed by atoms with van der Waals surface area (Å²) in [5.74, 6) is 2.42. The number of rotatable bonds is 7. The predicted molar refractivity (Wildman–Crippen MR) is 112 cm³/mol. The summed E-state index contributed by atoms with van der Waals surface area (Å²) in [5, 5.41) is 11.1. The molecule has 1 aromatic carbocycles. The van der Waals surface area contributed by atoms with Gasteiger partial charge in [0.15, 0.2) is 5.58 Å². The molecule has 0 bridgehead atoms. The SMILES string of the molecule is Cc1nc(NCCNC(=O)Cc2noc3ccccc23)cc(N2CCCCC2)n1. The summed E-state index contributed by atoms with van der Waals surface area (Å²) in [7, 11) is 0. The second-order valence-electron chi connectivity index (χ2n) is 7.29. The number of benzene rings is 1. The molecular weight excluding hydrogens is 368 g/mol. The van der Waals surface area contributed by atoms with Gasteiger partial charge in [-0.1, -0.05) is 17.3 Å². The number of hydrogen-bond acceptors (Lipinski definition) is 7. The first-order chi connectivity index (χ1) is 14.2. The molecule has 0 spiro atoms. The Morgan fingerprint density at radius 1 is 1.14 bits per heavy atom. The van der Waals surface area contributed by atoms with Crippen LogP contribution in [0.15, 0.2) is 34.9 Å². The van der Waals surface area contributed by atoms with Gasteiger partial charge < -0.3 is 20.1 Å². The van der Waals surface area contributed by atoms with Crippen molar-refractivity contribution in [2.45, 2.75) is 32.6 Å². The fourth-order valence-corrected chi connectivity index (χ4v) is 3.60. The molecule has 0 unspecified atom stereocenters. The van der Waals surface area contributed by atoms with Gasteiger partial charge in [0.1, 0.15) is 23.2 Å². The number of aryl methyl sites for hydroxylation is 1. The smallest absolute Gasteiger partial charge is 0.226 e. The monoisotopic (exact) mass is 394 g/mol. The molecular formula is C21H26N6O2. The first-order valence-electron chi connectivity index (χ1n) is 10.1. The molecule has 0 saturated carbocycles. The van der Waals surface area contributed by atoms with Gasteiger partial charge in [-0.15, -0.1) is 0 Å². The molecule has 1 amide bonds. The van der Waals surface area contributed by atoms with Crippen LogP contribution in [0.5, 0.6) is 0 Å². The molecule has 1 fully saturated rings. The molecule has 152 valence electrons. The number of fused-ring (bicyclic) bond motifs is 1. The lowest BCUT2D eigenvalue weighted by Crippen LogP contribution is -2.31. The van der Waals surface area contributed by atoms with E-state index in [0.29, 0.717) is 24.4 Å². The van der Waals surface area contributed by atoms with Gasteiger partial charge in [-0.2, -0.15) is 0 Å². The summed E-state index contributed by atoms with van der Waals surface area (Å²) in [4.78, 5) is 23.6. The molecule has 8 nitrogen and oxygen atoms in total. The normalized spacial score (nSPS) is 14.2. The van der Waals surface area contributed by atoms with Crippen LogP contribution >= 0.6 is 0 Å². The van der Waals surface area contributed by atoms with Crippen LogP contribution in [0.2, 0.25) is 0 Å². The van der Waals surface area contributed by atoms with E-state index in [1.165, 1.54) is 19.3 Å². The number of anilines is 2. The summed E-state index contributed by atoms with van der Waals surface area (Å²) in [6, 6.07) is 9.53. The van der Waals surface area contributed by atoms with Crippen LogP contribution in [-0.4, -0.2) is 47.2 Å². The van der Waals surface area contributed by atoms with Crippen molar-refractivity contribution < 1.29 is 9.32 Å². The van der Waals surface area contributed by atoms with Gasteiger partial charge in [0.05, 0.1) is 6.42 Å². The van der Waals surface area contributed by atoms with E-state index in [0.717, 1.165) is 35.9 Å². The minimum Gasteiger partial charge on any atom is -0.368 e. The van der Waals surface area contributed by atoms with E-state index in [1.54, 1.807) is 0 Å². The standard InChI is InChI=1S/C21H26N6O2/c1-15-24-19(14-20(25-15)27-11-5-2-6-12-27)22-9-10-23-21(28)13-17-16-7-3-4-8-18(16)29-26-17/h3-4,7-8,14H,2,5-6,9-13H2,1H3,(H,23,28)(H,22,24,25). The molecule has 29 heavy (non-hydrogen) atoms. The Kier molecular flexibility index (Phi) is 5.88. The highest BCUT2D eigenvalue weighted by molar-refractivity contribution is 5.86. The van der Waals surface area contributed by atoms with Crippen molar-refractivity contribution in [2.75, 3.05) is 36.4 Å². The number of carbonyl (C=O) groups excluding carboxylic acids is 1. The van der Waals surface area contributed by atoms with Gasteiger partial charge in [-0.05, 0) is 38.3 Å². The van der Waals surface area contributed by atoms with Crippen LogP contribution < -0.4 is 15.5 Å². The summed E-state index contributed by atoms with van der Waals surface area (Å²) >= 11 is 0. The fourth-order valence-electron chi connectivity index (χ4n) is 3.60. The lowest BCUT2D eigenvalue weighted by molar-refractivity contribution is -0.120. The zero-order valence-corrected chi connectivity index (χ0v) is 16.6. The molecule has 3 heterocycles. The highest BCUT2D eigenvalue weighted by Gasteiger charge is 2.14. The molecule has 1 aliphatic heterocycles. The average molecular weight is 394 g/mol. The molecule has 1 saturated heterocycles. The fraction of sp³-hybridized carbons (Fsp3) is 0.429. The topological polar surface area (TPSA) is 96.2 Å². The van der Waals surface area contributed by atoms with Crippen molar-refractivity contribution in [3.8, 4) is 0 Å². The van der Waals surface area contributed by atoms with Gasteiger partial charge in [0.2, 0.25) is 5.91 Å². The average Bonchev–Trinajstić information content (AvgIpc) is 3.14. The van der Waals surface area contributed by atoms with E-state index >= 15 is 0 Å². The Morgan fingerprint density at radius 2 is 1.97 bits per heavy atom. The third-order valence-corrected chi connectivity index (χ3v) is 5.04. The van der Waals surface area contributed by atoms with E-state index in [9.17, 15) is 4.79 Å². The molecule has 0 aliphatic carbocycles. The maximum absolute atomic E-state index is 12.2. The summed E-state index contributed by atoms with van der Waals surface area (Å²) in [6.45, 7) is 5.08. The van der Waals surface area contributed by atoms with E-state index < -0.39 is 0 Å². The maximum atomic E-state index is 12.2. The van der Waals surface area contributed by atoms with Gasteiger partial charge in [-0.25, -0.2) is 9.97 Å². The predicted octanol–water partition coefficient (Wildman–Crippen LogP) is 2.69. The van der Waals surface area contributed by atoms with Gasteiger partial charge in [-0.3, -0.25) is 4.79 Å². The van der Waals surface area contributed by atoms with Gasteiger partial charge >= 0.3 is 0 Å². The van der Waals surface area contributed by atoms with E-state index in [2.05, 4.69) is 30.7 Å². The Morgan fingerprint density at radius 3 is 2.83 bits per heavy atom. The Bertz CT molecular complexity index is 980. The van der Waals surface area contributed by atoms with Crippen molar-refractivity contribution in [3.05, 3.63) is 41.9 Å². The largest absolute Gasteiger partial charge is 0.368 e. The van der Waals surface area contributed by atoms with Crippen LogP contribution in [0.4, 0.5) is 11.6 Å². The second-order valence-corrected chi connectivity index (χ2v) is 7.29. The summed E-state index contributed by atoms with van der Waals surface area (Å²) < 4.78 is 5.25. The van der Waals surface area contributed by atoms with E-state index in [-0.39, 0.29) is 12.3 Å². The number of carbonyl (C=O) groups is 1. The maximum Gasteiger partial charge on any atom is 0.226 e. The molecule has 0 atom stereocenters. The third kappa shape index (κ3) is 4.82. The van der Waals surface area contributed by atoms with Crippen molar-refractivity contribution in [1.29, 1.82) is 0 Å². The van der Waals surface area contributed by atoms with Crippen LogP contribution in [-0.2, 0) is 11.2 Å². The second kappa shape index (κ2) is 8.89. The van der Waals surface area contributed by atoms with Crippen molar-refractivity contribution in [3.63, 3.8) is 0 Å². The zero-order valence-electron chi connectivity index (χ0n) is 16.6. The van der Waals surface area contributed by atoms with Gasteiger partial charge in [0.25, 0.3) is 0 Å². The molecule has 4 rings (SSSR count).